The quantitative estimate of drug-likeness (QED) is 0.546. The Morgan fingerprint density at radius 1 is 1.04 bits per heavy atom. The van der Waals surface area contributed by atoms with E-state index in [0.717, 1.165) is 24.2 Å². The monoisotopic (exact) mass is 335 g/mol. The average Bonchev–Trinajstić information content (AvgIpc) is 3.03. The Morgan fingerprint density at radius 3 is 2.62 bits per heavy atom. The van der Waals surface area contributed by atoms with Crippen LogP contribution in [0.5, 0.6) is 0 Å². The smallest absolute Gasteiger partial charge is 0.200 e. The van der Waals surface area contributed by atoms with E-state index in [-0.39, 0.29) is 0 Å². The second-order valence-electron chi connectivity index (χ2n) is 6.08. The van der Waals surface area contributed by atoms with Crippen LogP contribution in [0.25, 0.3) is 10.8 Å². The molecule has 3 aromatic rings. The lowest BCUT2D eigenvalue weighted by molar-refractivity contribution is 1.02. The molecule has 3 nitrogen and oxygen atoms in total. The maximum absolute atomic E-state index is 6.25. The minimum Gasteiger partial charge on any atom is -0.369 e. The van der Waals surface area contributed by atoms with Gasteiger partial charge < -0.3 is 10.6 Å². The van der Waals surface area contributed by atoms with Gasteiger partial charge in [0, 0.05) is 17.8 Å². The minimum absolute atomic E-state index is 0.470. The highest BCUT2D eigenvalue weighted by Gasteiger charge is 2.17. The van der Waals surface area contributed by atoms with Crippen molar-refractivity contribution >= 4 is 39.7 Å². The zero-order valence-electron chi connectivity index (χ0n) is 13.5. The SMILES string of the molecule is CN(C(N)=Nc1ccc2cccc3c2c1CC3)c1ccc(Cl)cc1. The van der Waals surface area contributed by atoms with Gasteiger partial charge in [0.15, 0.2) is 0 Å². The first-order valence-corrected chi connectivity index (χ1v) is 8.38. The number of rotatable bonds is 2. The standard InChI is InChI=1S/C20H18ClN3/c1-24(16-9-7-15(21)8-10-16)20(22)23-18-12-6-14-4-2-3-13-5-11-17(18)19(13)14/h2-4,6-10,12H,5,11H2,1H3,(H2,22,23). The van der Waals surface area contributed by atoms with Crippen molar-refractivity contribution in [2.45, 2.75) is 12.8 Å². The highest BCUT2D eigenvalue weighted by atomic mass is 35.5. The highest BCUT2D eigenvalue weighted by molar-refractivity contribution is 6.30. The molecule has 0 atom stereocenters. The van der Waals surface area contributed by atoms with Gasteiger partial charge in [0.2, 0.25) is 5.96 Å². The first-order chi connectivity index (χ1) is 11.6. The maximum Gasteiger partial charge on any atom is 0.200 e. The van der Waals surface area contributed by atoms with Crippen LogP contribution < -0.4 is 10.6 Å². The largest absolute Gasteiger partial charge is 0.369 e. The number of anilines is 1. The van der Waals surface area contributed by atoms with Gasteiger partial charge in [-0.05, 0) is 65.1 Å². The van der Waals surface area contributed by atoms with Gasteiger partial charge in [-0.3, -0.25) is 0 Å². The summed E-state index contributed by atoms with van der Waals surface area (Å²) >= 11 is 5.95. The molecule has 0 heterocycles. The van der Waals surface area contributed by atoms with Gasteiger partial charge in [-0.1, -0.05) is 35.9 Å². The summed E-state index contributed by atoms with van der Waals surface area (Å²) in [6, 6.07) is 18.2. The number of hydrogen-bond acceptors (Lipinski definition) is 1. The number of benzene rings is 3. The first kappa shape index (κ1) is 15.0. The van der Waals surface area contributed by atoms with Gasteiger partial charge in [-0.25, -0.2) is 4.99 Å². The number of nitrogens with two attached hydrogens (primary N) is 1. The topological polar surface area (TPSA) is 41.6 Å². The lowest BCUT2D eigenvalue weighted by Gasteiger charge is -2.18. The van der Waals surface area contributed by atoms with Crippen molar-refractivity contribution < 1.29 is 0 Å². The predicted octanol–water partition coefficient (Wildman–Crippen LogP) is 4.67. The van der Waals surface area contributed by atoms with E-state index in [9.17, 15) is 0 Å². The molecule has 0 unspecified atom stereocenters. The molecule has 4 heteroatoms. The Morgan fingerprint density at radius 2 is 1.83 bits per heavy atom. The molecule has 0 saturated carbocycles. The molecule has 0 spiro atoms. The average molecular weight is 336 g/mol. The van der Waals surface area contributed by atoms with Crippen LogP contribution in [0.1, 0.15) is 11.1 Å². The summed E-state index contributed by atoms with van der Waals surface area (Å²) in [7, 11) is 1.91. The summed E-state index contributed by atoms with van der Waals surface area (Å²) in [6.45, 7) is 0. The third-order valence-electron chi connectivity index (χ3n) is 4.65. The van der Waals surface area contributed by atoms with E-state index in [1.165, 1.54) is 21.9 Å². The highest BCUT2D eigenvalue weighted by Crippen LogP contribution is 2.37. The van der Waals surface area contributed by atoms with Crippen molar-refractivity contribution in [3.63, 3.8) is 0 Å². The predicted molar refractivity (Wildman–Crippen MR) is 102 cm³/mol. The third-order valence-corrected chi connectivity index (χ3v) is 4.90. The molecular formula is C20H18ClN3. The molecule has 0 aliphatic heterocycles. The zero-order chi connectivity index (χ0) is 16.7. The molecule has 1 aliphatic rings. The number of guanidine groups is 1. The summed E-state index contributed by atoms with van der Waals surface area (Å²) in [5.74, 6) is 0.470. The van der Waals surface area contributed by atoms with Gasteiger partial charge >= 0.3 is 0 Å². The second-order valence-corrected chi connectivity index (χ2v) is 6.52. The molecule has 0 fully saturated rings. The fourth-order valence-electron chi connectivity index (χ4n) is 3.35. The van der Waals surface area contributed by atoms with Crippen molar-refractivity contribution in [3.8, 4) is 0 Å². The van der Waals surface area contributed by atoms with Crippen molar-refractivity contribution in [2.75, 3.05) is 11.9 Å². The Hall–Kier alpha value is -2.52. The van der Waals surface area contributed by atoms with Crippen LogP contribution in [0.3, 0.4) is 0 Å². The maximum atomic E-state index is 6.25. The third kappa shape index (κ3) is 2.51. The van der Waals surface area contributed by atoms with Crippen molar-refractivity contribution in [1.29, 1.82) is 0 Å². The molecule has 1 aliphatic carbocycles. The fraction of sp³-hybridized carbons (Fsp3) is 0.150. The van der Waals surface area contributed by atoms with Crippen LogP contribution in [-0.4, -0.2) is 13.0 Å². The number of halogens is 1. The Labute approximate surface area is 146 Å². The van der Waals surface area contributed by atoms with Crippen molar-refractivity contribution in [2.24, 2.45) is 10.7 Å². The van der Waals surface area contributed by atoms with Crippen molar-refractivity contribution in [3.05, 3.63) is 70.7 Å². The first-order valence-electron chi connectivity index (χ1n) is 8.00. The van der Waals surface area contributed by atoms with E-state index in [1.54, 1.807) is 0 Å². The molecule has 24 heavy (non-hydrogen) atoms. The van der Waals surface area contributed by atoms with E-state index in [2.05, 4.69) is 30.3 Å². The summed E-state index contributed by atoms with van der Waals surface area (Å²) in [4.78, 5) is 6.57. The molecule has 2 N–H and O–H groups in total. The van der Waals surface area contributed by atoms with E-state index >= 15 is 0 Å². The van der Waals surface area contributed by atoms with Crippen LogP contribution in [0, 0.1) is 0 Å². The van der Waals surface area contributed by atoms with Crippen LogP contribution in [-0.2, 0) is 12.8 Å². The van der Waals surface area contributed by atoms with E-state index in [1.807, 2.05) is 36.2 Å². The van der Waals surface area contributed by atoms with E-state index in [0.29, 0.717) is 11.0 Å². The van der Waals surface area contributed by atoms with Gasteiger partial charge in [0.05, 0.1) is 5.69 Å². The Kier molecular flexibility index (Phi) is 3.66. The molecule has 0 aromatic heterocycles. The van der Waals surface area contributed by atoms with Gasteiger partial charge in [-0.2, -0.15) is 0 Å². The summed E-state index contributed by atoms with van der Waals surface area (Å²) in [5.41, 5.74) is 10.9. The van der Waals surface area contributed by atoms with Gasteiger partial charge in [0.25, 0.3) is 0 Å². The number of aliphatic imine (C=N–C) groups is 1. The van der Waals surface area contributed by atoms with Crippen LogP contribution in [0.15, 0.2) is 59.6 Å². The lowest BCUT2D eigenvalue weighted by atomic mass is 10.0. The molecule has 0 amide bonds. The fourth-order valence-corrected chi connectivity index (χ4v) is 3.47. The van der Waals surface area contributed by atoms with Crippen LogP contribution >= 0.6 is 11.6 Å². The van der Waals surface area contributed by atoms with Gasteiger partial charge in [0.1, 0.15) is 0 Å². The minimum atomic E-state index is 0.470. The number of nitrogens with zero attached hydrogens (tertiary/aromatic N) is 2. The Balaban J connectivity index is 1.73. The Bertz CT molecular complexity index is 945. The molecule has 4 rings (SSSR count). The van der Waals surface area contributed by atoms with Crippen LogP contribution in [0.2, 0.25) is 5.02 Å². The molecule has 0 radical (unpaired) electrons. The summed E-state index contributed by atoms with van der Waals surface area (Å²) in [5, 5.41) is 3.34. The van der Waals surface area contributed by atoms with E-state index in [4.69, 9.17) is 22.3 Å². The second kappa shape index (κ2) is 5.84. The van der Waals surface area contributed by atoms with E-state index < -0.39 is 0 Å². The summed E-state index contributed by atoms with van der Waals surface area (Å²) in [6.07, 6.45) is 2.10. The van der Waals surface area contributed by atoms with Crippen molar-refractivity contribution in [1.82, 2.24) is 0 Å². The molecule has 3 aromatic carbocycles. The molecular weight excluding hydrogens is 318 g/mol. The van der Waals surface area contributed by atoms with Gasteiger partial charge in [-0.15, -0.1) is 0 Å². The lowest BCUT2D eigenvalue weighted by Crippen LogP contribution is -2.33. The number of aryl methyl sites for hydroxylation is 2. The molecule has 0 saturated heterocycles. The summed E-state index contributed by atoms with van der Waals surface area (Å²) < 4.78 is 0. The zero-order valence-corrected chi connectivity index (χ0v) is 14.2. The normalized spacial score (nSPS) is 13.5. The molecule has 120 valence electrons. The number of hydrogen-bond donors (Lipinski definition) is 1. The molecule has 0 bridgehead atoms. The van der Waals surface area contributed by atoms with Crippen LogP contribution in [0.4, 0.5) is 11.4 Å².